The Labute approximate surface area is 182 Å². The maximum atomic E-state index is 12.4. The number of nitrogens with zero attached hydrogens (tertiary/aromatic N) is 2. The molecule has 0 unspecified atom stereocenters. The fraction of sp³-hybridized carbons (Fsp3) is 0.818. The highest BCUT2D eigenvalue weighted by Gasteiger charge is 2.17. The minimum absolute atomic E-state index is 0.0248. The molecule has 0 spiro atoms. The lowest BCUT2D eigenvalue weighted by Gasteiger charge is -2.26. The molecule has 0 aliphatic rings. The highest BCUT2D eigenvalue weighted by atomic mass is 16.2. The molecule has 0 aliphatic carbocycles. The van der Waals surface area contributed by atoms with Gasteiger partial charge in [0.15, 0.2) is 0 Å². The van der Waals surface area contributed by atoms with E-state index in [0.717, 1.165) is 25.7 Å². The maximum Gasteiger partial charge on any atom is 0.225 e. The molecule has 30 heavy (non-hydrogen) atoms. The fourth-order valence-electron chi connectivity index (χ4n) is 3.04. The predicted molar refractivity (Wildman–Crippen MR) is 119 cm³/mol. The van der Waals surface area contributed by atoms with Gasteiger partial charge in [-0.1, -0.05) is 27.7 Å². The first-order valence-electron chi connectivity index (χ1n) is 11.3. The van der Waals surface area contributed by atoms with E-state index in [0.29, 0.717) is 52.1 Å². The zero-order chi connectivity index (χ0) is 22.9. The van der Waals surface area contributed by atoms with E-state index in [4.69, 9.17) is 0 Å². The van der Waals surface area contributed by atoms with Crippen molar-refractivity contribution in [3.63, 3.8) is 0 Å². The molecule has 0 fully saturated rings. The van der Waals surface area contributed by atoms with Gasteiger partial charge in [0.2, 0.25) is 23.6 Å². The zero-order valence-corrected chi connectivity index (χ0v) is 19.6. The van der Waals surface area contributed by atoms with Crippen molar-refractivity contribution in [1.82, 2.24) is 20.4 Å². The minimum atomic E-state index is -0.0673. The van der Waals surface area contributed by atoms with Crippen LogP contribution < -0.4 is 10.6 Å². The third-order valence-corrected chi connectivity index (χ3v) is 4.79. The summed E-state index contributed by atoms with van der Waals surface area (Å²) in [6, 6.07) is 0. The SMILES string of the molecule is CCC(=O)NCCCN(CCCCN(CCCNC(C)=O)C(=O)C(C)C)C(=O)CC. The number of carbonyl (C=O) groups excluding carboxylic acids is 4. The molecule has 0 aliphatic heterocycles. The Hall–Kier alpha value is -2.12. The van der Waals surface area contributed by atoms with Gasteiger partial charge < -0.3 is 20.4 Å². The summed E-state index contributed by atoms with van der Waals surface area (Å²) in [5, 5.41) is 5.59. The first-order chi connectivity index (χ1) is 14.2. The van der Waals surface area contributed by atoms with Gasteiger partial charge in [-0.15, -0.1) is 0 Å². The number of nitrogens with one attached hydrogen (secondary N) is 2. The lowest BCUT2D eigenvalue weighted by Crippen LogP contribution is -2.38. The molecule has 0 aromatic rings. The average Bonchev–Trinajstić information content (AvgIpc) is 2.72. The molecule has 8 heteroatoms. The van der Waals surface area contributed by atoms with Crippen LogP contribution in [-0.4, -0.2) is 72.7 Å². The molecule has 4 amide bonds. The van der Waals surface area contributed by atoms with Crippen LogP contribution in [0.25, 0.3) is 0 Å². The predicted octanol–water partition coefficient (Wildman–Crippen LogP) is 1.93. The zero-order valence-electron chi connectivity index (χ0n) is 19.6. The van der Waals surface area contributed by atoms with Crippen LogP contribution in [-0.2, 0) is 19.2 Å². The number of unbranched alkanes of at least 4 members (excludes halogenated alkanes) is 1. The molecule has 0 saturated heterocycles. The summed E-state index contributed by atoms with van der Waals surface area (Å²) in [7, 11) is 0. The molecule has 0 bridgehead atoms. The Morgan fingerprint density at radius 2 is 1.23 bits per heavy atom. The van der Waals surface area contributed by atoms with Crippen molar-refractivity contribution in [2.24, 2.45) is 5.92 Å². The monoisotopic (exact) mass is 426 g/mol. The van der Waals surface area contributed by atoms with Crippen LogP contribution in [0.3, 0.4) is 0 Å². The van der Waals surface area contributed by atoms with Gasteiger partial charge in [-0.25, -0.2) is 0 Å². The second kappa shape index (κ2) is 16.7. The number of carbonyl (C=O) groups is 4. The Bertz CT molecular complexity index is 537. The quantitative estimate of drug-likeness (QED) is 0.368. The fourth-order valence-corrected chi connectivity index (χ4v) is 3.04. The van der Waals surface area contributed by atoms with Crippen LogP contribution in [0.2, 0.25) is 0 Å². The largest absolute Gasteiger partial charge is 0.356 e. The number of hydrogen-bond donors (Lipinski definition) is 2. The molecule has 0 atom stereocenters. The van der Waals surface area contributed by atoms with Crippen LogP contribution in [0.5, 0.6) is 0 Å². The normalized spacial score (nSPS) is 10.6. The molecule has 8 nitrogen and oxygen atoms in total. The van der Waals surface area contributed by atoms with Gasteiger partial charge in [0.25, 0.3) is 0 Å². The molecule has 0 rings (SSSR count). The van der Waals surface area contributed by atoms with Gasteiger partial charge in [-0.2, -0.15) is 0 Å². The molecule has 0 saturated carbocycles. The van der Waals surface area contributed by atoms with Crippen LogP contribution >= 0.6 is 0 Å². The van der Waals surface area contributed by atoms with Crippen molar-refractivity contribution >= 4 is 23.6 Å². The van der Waals surface area contributed by atoms with Crippen LogP contribution in [0.15, 0.2) is 0 Å². The standard InChI is InChI=1S/C22H42N4O4/c1-6-20(28)24-13-11-16-25(21(29)7-2)14-8-9-15-26(22(30)18(3)4)17-10-12-23-19(5)27/h18H,6-17H2,1-5H3,(H,23,27)(H,24,28). The summed E-state index contributed by atoms with van der Waals surface area (Å²) in [5.74, 6) is 0.124. The Balaban J connectivity index is 4.43. The second-order valence-electron chi connectivity index (χ2n) is 7.82. The van der Waals surface area contributed by atoms with Crippen LogP contribution in [0, 0.1) is 5.92 Å². The molecular weight excluding hydrogens is 384 g/mol. The van der Waals surface area contributed by atoms with E-state index in [9.17, 15) is 19.2 Å². The van der Waals surface area contributed by atoms with Crippen LogP contribution in [0.1, 0.15) is 73.1 Å². The van der Waals surface area contributed by atoms with Crippen molar-refractivity contribution in [3.8, 4) is 0 Å². The molecule has 174 valence electrons. The van der Waals surface area contributed by atoms with Gasteiger partial charge in [0.05, 0.1) is 0 Å². The number of hydrogen-bond acceptors (Lipinski definition) is 4. The van der Waals surface area contributed by atoms with Crippen molar-refractivity contribution in [2.75, 3.05) is 39.3 Å². The molecule has 0 aromatic heterocycles. The van der Waals surface area contributed by atoms with Crippen molar-refractivity contribution in [3.05, 3.63) is 0 Å². The highest BCUT2D eigenvalue weighted by molar-refractivity contribution is 5.78. The lowest BCUT2D eigenvalue weighted by molar-refractivity contribution is -0.135. The topological polar surface area (TPSA) is 98.8 Å². The average molecular weight is 427 g/mol. The smallest absolute Gasteiger partial charge is 0.225 e. The summed E-state index contributed by atoms with van der Waals surface area (Å²) >= 11 is 0. The van der Waals surface area contributed by atoms with Crippen molar-refractivity contribution in [2.45, 2.75) is 73.1 Å². The van der Waals surface area contributed by atoms with Gasteiger partial charge in [0.1, 0.15) is 0 Å². The Morgan fingerprint density at radius 3 is 1.73 bits per heavy atom. The molecule has 2 N–H and O–H groups in total. The summed E-state index contributed by atoms with van der Waals surface area (Å²) < 4.78 is 0. The van der Waals surface area contributed by atoms with Gasteiger partial charge >= 0.3 is 0 Å². The van der Waals surface area contributed by atoms with E-state index in [-0.39, 0.29) is 29.5 Å². The highest BCUT2D eigenvalue weighted by Crippen LogP contribution is 2.07. The first kappa shape index (κ1) is 27.9. The summed E-state index contributed by atoms with van der Waals surface area (Å²) in [5.41, 5.74) is 0. The van der Waals surface area contributed by atoms with Crippen molar-refractivity contribution < 1.29 is 19.2 Å². The molecule has 0 radical (unpaired) electrons. The summed E-state index contributed by atoms with van der Waals surface area (Å²) in [6.45, 7) is 12.6. The van der Waals surface area contributed by atoms with E-state index >= 15 is 0 Å². The Kier molecular flexibility index (Phi) is 15.5. The summed E-state index contributed by atoms with van der Waals surface area (Å²) in [4.78, 5) is 50.6. The van der Waals surface area contributed by atoms with E-state index in [1.807, 2.05) is 37.5 Å². The van der Waals surface area contributed by atoms with Gasteiger partial charge in [0, 0.05) is 65.0 Å². The third-order valence-electron chi connectivity index (χ3n) is 4.79. The molecular formula is C22H42N4O4. The van der Waals surface area contributed by atoms with Gasteiger partial charge in [-0.3, -0.25) is 19.2 Å². The first-order valence-corrected chi connectivity index (χ1v) is 11.3. The maximum absolute atomic E-state index is 12.4. The summed E-state index contributed by atoms with van der Waals surface area (Å²) in [6.07, 6.45) is 4.02. The van der Waals surface area contributed by atoms with E-state index < -0.39 is 0 Å². The lowest BCUT2D eigenvalue weighted by atomic mass is 10.1. The minimum Gasteiger partial charge on any atom is -0.356 e. The Morgan fingerprint density at radius 1 is 0.733 bits per heavy atom. The molecule has 0 aromatic carbocycles. The third kappa shape index (κ3) is 13.2. The van der Waals surface area contributed by atoms with E-state index in [1.165, 1.54) is 6.92 Å². The molecule has 0 heterocycles. The van der Waals surface area contributed by atoms with Crippen molar-refractivity contribution in [1.29, 1.82) is 0 Å². The van der Waals surface area contributed by atoms with E-state index in [1.54, 1.807) is 0 Å². The second-order valence-corrected chi connectivity index (χ2v) is 7.82. The van der Waals surface area contributed by atoms with E-state index in [2.05, 4.69) is 10.6 Å². The van der Waals surface area contributed by atoms with Gasteiger partial charge in [-0.05, 0) is 25.7 Å². The number of amides is 4. The van der Waals surface area contributed by atoms with Crippen LogP contribution in [0.4, 0.5) is 0 Å². The number of rotatable bonds is 16.